The van der Waals surface area contributed by atoms with E-state index >= 15 is 0 Å². The van der Waals surface area contributed by atoms with Crippen molar-refractivity contribution in [1.29, 1.82) is 0 Å². The number of hydrogen-bond donors (Lipinski definition) is 2. The van der Waals surface area contributed by atoms with Gasteiger partial charge in [-0.15, -0.1) is 11.3 Å². The first-order chi connectivity index (χ1) is 13.3. The topological polar surface area (TPSA) is 79.3 Å². The number of carboxylic acids is 1. The Morgan fingerprint density at radius 3 is 2.43 bits per heavy atom. The fraction of sp³-hybridized carbons (Fsp3) is 0.409. The van der Waals surface area contributed by atoms with Crippen LogP contribution >= 0.6 is 11.3 Å². The Kier molecular flexibility index (Phi) is 4.83. The first-order valence-electron chi connectivity index (χ1n) is 9.61. The van der Waals surface area contributed by atoms with Crippen molar-refractivity contribution in [3.8, 4) is 10.6 Å². The van der Waals surface area contributed by atoms with E-state index in [-0.39, 0.29) is 23.8 Å². The van der Waals surface area contributed by atoms with Gasteiger partial charge in [-0.05, 0) is 39.0 Å². The van der Waals surface area contributed by atoms with Crippen LogP contribution in [0, 0.1) is 37.5 Å². The van der Waals surface area contributed by atoms with Gasteiger partial charge in [0.25, 0.3) is 0 Å². The molecule has 2 N–H and O–H groups in total. The van der Waals surface area contributed by atoms with E-state index in [0.717, 1.165) is 27.6 Å². The van der Waals surface area contributed by atoms with Crippen LogP contribution in [-0.4, -0.2) is 22.0 Å². The van der Waals surface area contributed by atoms with Gasteiger partial charge in [-0.3, -0.25) is 9.59 Å². The van der Waals surface area contributed by atoms with Crippen molar-refractivity contribution in [1.82, 2.24) is 10.3 Å². The molecule has 4 rings (SSSR count). The number of benzene rings is 1. The number of fused-ring (bicyclic) bond motifs is 2. The Hall–Kier alpha value is -2.47. The Balaban J connectivity index is 1.52. The zero-order valence-corrected chi connectivity index (χ0v) is 17.0. The quantitative estimate of drug-likeness (QED) is 0.745. The Morgan fingerprint density at radius 1 is 1.14 bits per heavy atom. The molecule has 2 aromatic rings. The smallest absolute Gasteiger partial charge is 0.307 e. The highest BCUT2D eigenvalue weighted by atomic mass is 32.1. The van der Waals surface area contributed by atoms with Crippen LogP contribution in [0.3, 0.4) is 0 Å². The third-order valence-electron chi connectivity index (χ3n) is 5.93. The molecule has 146 valence electrons. The third-order valence-corrected chi connectivity index (χ3v) is 7.32. The van der Waals surface area contributed by atoms with Crippen molar-refractivity contribution in [2.45, 2.75) is 33.2 Å². The minimum Gasteiger partial charge on any atom is -0.481 e. The lowest BCUT2D eigenvalue weighted by Gasteiger charge is -2.25. The van der Waals surface area contributed by atoms with Gasteiger partial charge >= 0.3 is 5.97 Å². The standard InChI is InChI=1S/C22H24N2O3S/c1-11-4-6-14(7-5-11)21-24-13(3)19(28-21)12(2)23-20(25)17-15-8-9-16(10-15)18(17)22(26)27/h4-9,12,15-18H,10H2,1-3H3,(H,23,25)(H,26,27). The molecule has 28 heavy (non-hydrogen) atoms. The molecule has 1 amide bonds. The maximum absolute atomic E-state index is 12.9. The van der Waals surface area contributed by atoms with Crippen LogP contribution in [-0.2, 0) is 9.59 Å². The number of carboxylic acid groups (broad SMARTS) is 1. The molecule has 5 nitrogen and oxygen atoms in total. The van der Waals surface area contributed by atoms with E-state index in [2.05, 4.69) is 41.5 Å². The summed E-state index contributed by atoms with van der Waals surface area (Å²) in [5.74, 6) is -2.13. The largest absolute Gasteiger partial charge is 0.481 e. The van der Waals surface area contributed by atoms with Crippen molar-refractivity contribution in [3.05, 3.63) is 52.6 Å². The van der Waals surface area contributed by atoms with E-state index in [4.69, 9.17) is 0 Å². The van der Waals surface area contributed by atoms with Gasteiger partial charge in [0.15, 0.2) is 0 Å². The molecule has 2 bridgehead atoms. The fourth-order valence-electron chi connectivity index (χ4n) is 4.52. The van der Waals surface area contributed by atoms with Gasteiger partial charge in [-0.25, -0.2) is 4.98 Å². The predicted octanol–water partition coefficient (Wildman–Crippen LogP) is 4.13. The van der Waals surface area contributed by atoms with Crippen molar-refractivity contribution < 1.29 is 14.7 Å². The van der Waals surface area contributed by atoms with Crippen molar-refractivity contribution >= 4 is 23.2 Å². The van der Waals surface area contributed by atoms with E-state index < -0.39 is 17.8 Å². The first kappa shape index (κ1) is 18.9. The zero-order chi connectivity index (χ0) is 20.0. The van der Waals surface area contributed by atoms with Crippen LogP contribution < -0.4 is 5.32 Å². The summed E-state index contributed by atoms with van der Waals surface area (Å²) in [7, 11) is 0. The van der Waals surface area contributed by atoms with Crippen LogP contribution in [0.5, 0.6) is 0 Å². The molecule has 0 saturated heterocycles. The van der Waals surface area contributed by atoms with Gasteiger partial charge in [0.05, 0.1) is 28.4 Å². The Bertz CT molecular complexity index is 947. The fourth-order valence-corrected chi connectivity index (χ4v) is 5.59. The SMILES string of the molecule is Cc1ccc(-c2nc(C)c(C(C)NC(=O)C3C4C=CC(C4)C3C(=O)O)s2)cc1. The molecule has 1 heterocycles. The van der Waals surface area contributed by atoms with Gasteiger partial charge in [-0.2, -0.15) is 0 Å². The summed E-state index contributed by atoms with van der Waals surface area (Å²) in [5, 5.41) is 13.6. The molecule has 0 aliphatic heterocycles. The average Bonchev–Trinajstić information content (AvgIpc) is 3.36. The minimum atomic E-state index is -0.875. The number of rotatable bonds is 5. The number of carbonyl (C=O) groups is 2. The lowest BCUT2D eigenvalue weighted by atomic mass is 9.82. The molecule has 0 spiro atoms. The second-order valence-electron chi connectivity index (χ2n) is 7.90. The third kappa shape index (κ3) is 3.26. The van der Waals surface area contributed by atoms with Gasteiger partial charge in [0.1, 0.15) is 5.01 Å². The maximum Gasteiger partial charge on any atom is 0.307 e. The van der Waals surface area contributed by atoms with E-state index in [1.54, 1.807) is 11.3 Å². The Morgan fingerprint density at radius 2 is 1.79 bits per heavy atom. The van der Waals surface area contributed by atoms with Gasteiger partial charge in [0.2, 0.25) is 5.91 Å². The van der Waals surface area contributed by atoms with Gasteiger partial charge in [-0.1, -0.05) is 42.0 Å². The summed E-state index contributed by atoms with van der Waals surface area (Å²) >= 11 is 1.58. The minimum absolute atomic E-state index is 0.0214. The number of amides is 1. The number of carbonyl (C=O) groups excluding carboxylic acids is 1. The summed E-state index contributed by atoms with van der Waals surface area (Å²) in [6, 6.07) is 8.03. The van der Waals surface area contributed by atoms with Crippen LogP contribution in [0.1, 0.15) is 35.5 Å². The maximum atomic E-state index is 12.9. The molecular formula is C22H24N2O3S. The molecule has 1 fully saturated rings. The summed E-state index contributed by atoms with van der Waals surface area (Å²) in [6.07, 6.45) is 4.73. The van der Waals surface area contributed by atoms with Gasteiger partial charge in [0, 0.05) is 5.56 Å². The average molecular weight is 397 g/mol. The highest BCUT2D eigenvalue weighted by Gasteiger charge is 2.51. The first-order valence-corrected chi connectivity index (χ1v) is 10.4. The number of aliphatic carboxylic acids is 1. The highest BCUT2D eigenvalue weighted by Crippen LogP contribution is 2.48. The molecule has 5 unspecified atom stereocenters. The van der Waals surface area contributed by atoms with E-state index in [1.165, 1.54) is 5.56 Å². The number of thiazole rings is 1. The van der Waals surface area contributed by atoms with E-state index in [0.29, 0.717) is 0 Å². The van der Waals surface area contributed by atoms with Crippen molar-refractivity contribution in [2.24, 2.45) is 23.7 Å². The van der Waals surface area contributed by atoms with Crippen molar-refractivity contribution in [3.63, 3.8) is 0 Å². The zero-order valence-electron chi connectivity index (χ0n) is 16.2. The highest BCUT2D eigenvalue weighted by molar-refractivity contribution is 7.15. The van der Waals surface area contributed by atoms with E-state index in [1.807, 2.05) is 26.0 Å². The lowest BCUT2D eigenvalue weighted by molar-refractivity contribution is -0.148. The number of hydrogen-bond acceptors (Lipinski definition) is 4. The summed E-state index contributed by atoms with van der Waals surface area (Å²) in [5.41, 5.74) is 3.16. The molecular weight excluding hydrogens is 372 g/mol. The number of allylic oxidation sites excluding steroid dienone is 2. The second-order valence-corrected chi connectivity index (χ2v) is 8.93. The number of nitrogens with zero attached hydrogens (tertiary/aromatic N) is 1. The van der Waals surface area contributed by atoms with Crippen LogP contribution in [0.25, 0.3) is 10.6 Å². The van der Waals surface area contributed by atoms with Crippen LogP contribution in [0.4, 0.5) is 0 Å². The van der Waals surface area contributed by atoms with Crippen molar-refractivity contribution in [2.75, 3.05) is 0 Å². The van der Waals surface area contributed by atoms with Gasteiger partial charge < -0.3 is 10.4 Å². The molecule has 1 saturated carbocycles. The number of aryl methyl sites for hydroxylation is 2. The summed E-state index contributed by atoms with van der Waals surface area (Å²) < 4.78 is 0. The summed E-state index contributed by atoms with van der Waals surface area (Å²) in [4.78, 5) is 30.3. The number of nitrogens with one attached hydrogen (secondary N) is 1. The number of aromatic nitrogens is 1. The summed E-state index contributed by atoms with van der Waals surface area (Å²) in [6.45, 7) is 5.94. The molecule has 1 aromatic heterocycles. The predicted molar refractivity (Wildman–Crippen MR) is 109 cm³/mol. The van der Waals surface area contributed by atoms with Crippen LogP contribution in [0.2, 0.25) is 0 Å². The normalized spacial score (nSPS) is 26.4. The molecule has 1 aromatic carbocycles. The molecule has 0 radical (unpaired) electrons. The molecule has 2 aliphatic rings. The molecule has 6 heteroatoms. The van der Waals surface area contributed by atoms with E-state index in [9.17, 15) is 14.7 Å². The Labute approximate surface area is 168 Å². The molecule has 2 aliphatic carbocycles. The van der Waals surface area contributed by atoms with Crippen LogP contribution in [0.15, 0.2) is 36.4 Å². The monoisotopic (exact) mass is 396 g/mol. The molecule has 5 atom stereocenters. The lowest BCUT2D eigenvalue weighted by Crippen LogP contribution is -2.41. The second kappa shape index (κ2) is 7.17.